The van der Waals surface area contributed by atoms with Gasteiger partial charge in [0.25, 0.3) is 5.91 Å². The van der Waals surface area contributed by atoms with Gasteiger partial charge < -0.3 is 19.1 Å². The van der Waals surface area contributed by atoms with Crippen molar-refractivity contribution in [2.24, 2.45) is 0 Å². The minimum absolute atomic E-state index is 0.0394. The van der Waals surface area contributed by atoms with Gasteiger partial charge in [0, 0.05) is 50.3 Å². The number of amides is 1. The number of hydrogen-bond acceptors (Lipinski definition) is 6. The highest BCUT2D eigenvalue weighted by Crippen LogP contribution is 2.24. The molecular formula is C21H25N3O4. The first-order valence-electron chi connectivity index (χ1n) is 9.78. The summed E-state index contributed by atoms with van der Waals surface area (Å²) in [4.78, 5) is 23.5. The zero-order valence-corrected chi connectivity index (χ0v) is 16.0. The average molecular weight is 383 g/mol. The lowest BCUT2D eigenvalue weighted by Crippen LogP contribution is -2.42. The minimum Gasteiger partial charge on any atom is -0.474 e. The number of aromatic nitrogens is 2. The predicted octanol–water partition coefficient (Wildman–Crippen LogP) is 2.64. The molecule has 1 amide bonds. The molecule has 0 bridgehead atoms. The number of carbonyl (C=O) groups is 1. The van der Waals surface area contributed by atoms with Crippen LogP contribution in [0.1, 0.15) is 35.3 Å². The third kappa shape index (κ3) is 4.42. The second kappa shape index (κ2) is 8.56. The fraction of sp³-hybridized carbons (Fsp3) is 0.476. The van der Waals surface area contributed by atoms with E-state index in [1.807, 2.05) is 30.0 Å². The summed E-state index contributed by atoms with van der Waals surface area (Å²) in [5, 5.41) is 0. The zero-order chi connectivity index (χ0) is 19.3. The smallest absolute Gasteiger partial charge is 0.259 e. The lowest BCUT2D eigenvalue weighted by molar-refractivity contribution is 0.0579. The molecule has 0 unspecified atom stereocenters. The first-order chi connectivity index (χ1) is 13.7. The molecule has 0 spiro atoms. The molecule has 2 fully saturated rings. The predicted molar refractivity (Wildman–Crippen MR) is 103 cm³/mol. The van der Waals surface area contributed by atoms with Crippen LogP contribution in [0.4, 0.5) is 0 Å². The molecule has 1 atom stereocenters. The van der Waals surface area contributed by atoms with Gasteiger partial charge in [-0.25, -0.2) is 9.97 Å². The molecule has 28 heavy (non-hydrogen) atoms. The van der Waals surface area contributed by atoms with Gasteiger partial charge in [-0.2, -0.15) is 0 Å². The highest BCUT2D eigenvalue weighted by molar-refractivity contribution is 5.96. The summed E-state index contributed by atoms with van der Waals surface area (Å²) >= 11 is 0. The molecule has 2 saturated heterocycles. The number of ether oxygens (including phenoxy) is 3. The first kappa shape index (κ1) is 18.7. The number of aryl methyl sites for hydroxylation is 1. The van der Waals surface area contributed by atoms with E-state index in [0.29, 0.717) is 43.6 Å². The van der Waals surface area contributed by atoms with E-state index in [9.17, 15) is 4.79 Å². The highest BCUT2D eigenvalue weighted by Gasteiger charge is 2.28. The fourth-order valence-corrected chi connectivity index (χ4v) is 3.51. The Labute approximate surface area is 164 Å². The van der Waals surface area contributed by atoms with Crippen molar-refractivity contribution < 1.29 is 19.0 Å². The van der Waals surface area contributed by atoms with Gasteiger partial charge in [0.15, 0.2) is 0 Å². The summed E-state index contributed by atoms with van der Waals surface area (Å²) in [5.74, 6) is 0.992. The molecule has 0 aromatic carbocycles. The van der Waals surface area contributed by atoms with Crippen LogP contribution in [0, 0.1) is 6.92 Å². The van der Waals surface area contributed by atoms with Crippen molar-refractivity contribution in [3.63, 3.8) is 0 Å². The van der Waals surface area contributed by atoms with Crippen LogP contribution in [0.25, 0.3) is 0 Å². The molecule has 2 aromatic rings. The average Bonchev–Trinajstić information content (AvgIpc) is 3.22. The molecule has 0 N–H and O–H groups in total. The lowest BCUT2D eigenvalue weighted by atomic mass is 10.1. The Morgan fingerprint density at radius 1 is 1.11 bits per heavy atom. The molecule has 7 heteroatoms. The maximum absolute atomic E-state index is 13.0. The van der Waals surface area contributed by atoms with Gasteiger partial charge in [-0.05, 0) is 25.1 Å². The molecule has 4 heterocycles. The van der Waals surface area contributed by atoms with E-state index >= 15 is 0 Å². The Morgan fingerprint density at radius 2 is 1.96 bits per heavy atom. The summed E-state index contributed by atoms with van der Waals surface area (Å²) in [6.45, 7) is 4.44. The zero-order valence-electron chi connectivity index (χ0n) is 16.0. The SMILES string of the molecule is Cc1cccc(OC2CCN(C(=O)c3cccnc3O[C@@H]3CCOC3)CC2)n1. The Bertz CT molecular complexity index is 815. The van der Waals surface area contributed by atoms with Crippen LogP contribution in [0.2, 0.25) is 0 Å². The van der Waals surface area contributed by atoms with Crippen molar-refractivity contribution in [2.75, 3.05) is 26.3 Å². The van der Waals surface area contributed by atoms with E-state index < -0.39 is 0 Å². The van der Waals surface area contributed by atoms with Gasteiger partial charge in [0.1, 0.15) is 17.8 Å². The quantitative estimate of drug-likeness (QED) is 0.790. The second-order valence-electron chi connectivity index (χ2n) is 7.19. The summed E-state index contributed by atoms with van der Waals surface area (Å²) < 4.78 is 17.2. The molecule has 0 aliphatic carbocycles. The Morgan fingerprint density at radius 3 is 2.71 bits per heavy atom. The maximum atomic E-state index is 13.0. The van der Waals surface area contributed by atoms with E-state index in [1.165, 1.54) is 0 Å². The maximum Gasteiger partial charge on any atom is 0.259 e. The third-order valence-corrected chi connectivity index (χ3v) is 5.05. The van der Waals surface area contributed by atoms with E-state index in [4.69, 9.17) is 14.2 Å². The van der Waals surface area contributed by atoms with Gasteiger partial charge in [0.05, 0.1) is 13.2 Å². The molecule has 0 saturated carbocycles. The van der Waals surface area contributed by atoms with Crippen molar-refractivity contribution in [1.29, 1.82) is 0 Å². The molecule has 2 aliphatic rings. The fourth-order valence-electron chi connectivity index (χ4n) is 3.51. The van der Waals surface area contributed by atoms with Crippen LogP contribution in [0.3, 0.4) is 0 Å². The normalized spacial score (nSPS) is 20.2. The van der Waals surface area contributed by atoms with Gasteiger partial charge in [-0.15, -0.1) is 0 Å². The number of likely N-dealkylation sites (tertiary alicyclic amines) is 1. The van der Waals surface area contributed by atoms with E-state index in [1.54, 1.807) is 18.3 Å². The standard InChI is InChI=1S/C21H25N3O4/c1-15-4-2-6-19(23-15)27-16-7-11-24(12-8-16)21(25)18-5-3-10-22-20(18)28-17-9-13-26-14-17/h2-6,10,16-17H,7-9,11-14H2,1H3/t17-/m1/s1. The van der Waals surface area contributed by atoms with Crippen LogP contribution in [-0.2, 0) is 4.74 Å². The van der Waals surface area contributed by atoms with Crippen molar-refractivity contribution in [3.05, 3.63) is 47.8 Å². The Hall–Kier alpha value is -2.67. The van der Waals surface area contributed by atoms with E-state index in [2.05, 4.69) is 9.97 Å². The van der Waals surface area contributed by atoms with Crippen molar-refractivity contribution in [2.45, 2.75) is 38.4 Å². The van der Waals surface area contributed by atoms with Gasteiger partial charge in [-0.3, -0.25) is 4.79 Å². The largest absolute Gasteiger partial charge is 0.474 e. The number of carbonyl (C=O) groups excluding carboxylic acids is 1. The minimum atomic E-state index is -0.0471. The molecule has 7 nitrogen and oxygen atoms in total. The van der Waals surface area contributed by atoms with Gasteiger partial charge in [-0.1, -0.05) is 6.07 Å². The second-order valence-corrected chi connectivity index (χ2v) is 7.19. The molecule has 4 rings (SSSR count). The van der Waals surface area contributed by atoms with Crippen LogP contribution in [0.5, 0.6) is 11.8 Å². The number of pyridine rings is 2. The van der Waals surface area contributed by atoms with Crippen LogP contribution in [-0.4, -0.2) is 59.3 Å². The molecule has 148 valence electrons. The van der Waals surface area contributed by atoms with E-state index in [-0.39, 0.29) is 18.1 Å². The lowest BCUT2D eigenvalue weighted by Gasteiger charge is -2.32. The number of rotatable bonds is 5. The van der Waals surface area contributed by atoms with Crippen LogP contribution >= 0.6 is 0 Å². The van der Waals surface area contributed by atoms with Crippen molar-refractivity contribution in [1.82, 2.24) is 14.9 Å². The topological polar surface area (TPSA) is 73.8 Å². The first-order valence-corrected chi connectivity index (χ1v) is 9.78. The van der Waals surface area contributed by atoms with Gasteiger partial charge in [0.2, 0.25) is 11.8 Å². The number of nitrogens with zero attached hydrogens (tertiary/aromatic N) is 3. The third-order valence-electron chi connectivity index (χ3n) is 5.05. The summed E-state index contributed by atoms with van der Waals surface area (Å²) in [6, 6.07) is 9.30. The Balaban J connectivity index is 1.36. The molecule has 2 aromatic heterocycles. The summed E-state index contributed by atoms with van der Waals surface area (Å²) in [6.07, 6.45) is 4.04. The monoisotopic (exact) mass is 383 g/mol. The summed E-state index contributed by atoms with van der Waals surface area (Å²) in [5.41, 5.74) is 1.44. The summed E-state index contributed by atoms with van der Waals surface area (Å²) in [7, 11) is 0. The van der Waals surface area contributed by atoms with E-state index in [0.717, 1.165) is 25.0 Å². The molecule has 2 aliphatic heterocycles. The highest BCUT2D eigenvalue weighted by atomic mass is 16.5. The molecule has 0 radical (unpaired) electrons. The Kier molecular flexibility index (Phi) is 5.71. The number of piperidine rings is 1. The van der Waals surface area contributed by atoms with Gasteiger partial charge >= 0.3 is 0 Å². The number of hydrogen-bond donors (Lipinski definition) is 0. The molecular weight excluding hydrogens is 358 g/mol. The van der Waals surface area contributed by atoms with Crippen molar-refractivity contribution >= 4 is 5.91 Å². The van der Waals surface area contributed by atoms with Crippen molar-refractivity contribution in [3.8, 4) is 11.8 Å². The van der Waals surface area contributed by atoms with Crippen LogP contribution in [0.15, 0.2) is 36.5 Å². The van der Waals surface area contributed by atoms with Crippen LogP contribution < -0.4 is 9.47 Å².